The number of carbonyl (C=O) groups is 4. The molecule has 0 aliphatic rings. The zero-order chi connectivity index (χ0) is 89.1. The zero-order valence-electron chi connectivity index (χ0n) is 76.9. The van der Waals surface area contributed by atoms with Crippen LogP contribution in [0.2, 0.25) is 0 Å². The van der Waals surface area contributed by atoms with Crippen molar-refractivity contribution in [2.75, 3.05) is 95.9 Å². The Morgan fingerprint density at radius 3 is 0.776 bits per heavy atom. The zero-order valence-corrected chi connectivity index (χ0v) is 76.9. The summed E-state index contributed by atoms with van der Waals surface area (Å²) in [5.41, 5.74) is 36.7. The van der Waals surface area contributed by atoms with Gasteiger partial charge in [-0.2, -0.15) is 0 Å². The van der Waals surface area contributed by atoms with Gasteiger partial charge in [0.1, 0.15) is 68.5 Å². The molecule has 0 saturated heterocycles. The highest BCUT2D eigenvalue weighted by Gasteiger charge is 2.23. The third kappa shape index (κ3) is 30.7. The van der Waals surface area contributed by atoms with Crippen molar-refractivity contribution in [3.05, 3.63) is 120 Å². The first-order chi connectivity index (χ1) is 60.8. The lowest BCUT2D eigenvalue weighted by Gasteiger charge is -2.17. The lowest BCUT2D eigenvalue weighted by atomic mass is 10.1. The van der Waals surface area contributed by atoms with Crippen LogP contribution in [0.15, 0.2) is 97.1 Å². The van der Waals surface area contributed by atoms with Gasteiger partial charge in [-0.05, 0) is 143 Å². The number of rotatable bonds is 56. The maximum Gasteiger partial charge on any atom is 0.152 e. The molecule has 8 aromatic heterocycles. The highest BCUT2D eigenvalue weighted by molar-refractivity contribution is 6.09. The average molecular weight is 1710 g/mol. The quantitative estimate of drug-likeness (QED) is 0.0257. The normalized spacial score (nSPS) is 11.6. The second kappa shape index (κ2) is 54.2. The highest BCUT2D eigenvalue weighted by Crippen LogP contribution is 2.35. The maximum absolute atomic E-state index is 11.0. The number of nitrogen functional groups attached to an aromatic ring is 4. The van der Waals surface area contributed by atoms with E-state index in [4.69, 9.17) is 61.8 Å². The predicted octanol–water partition coefficient (Wildman–Crippen LogP) is 20.6. The van der Waals surface area contributed by atoms with Crippen LogP contribution >= 0.6 is 0 Å². The minimum Gasteiger partial charge on any atom is -0.382 e. The minimum atomic E-state index is 0.175. The fourth-order valence-corrected chi connectivity index (χ4v) is 16.0. The molecule has 0 spiro atoms. The summed E-state index contributed by atoms with van der Waals surface area (Å²) in [6.45, 7) is 26.0. The second-order valence-electron chi connectivity index (χ2n) is 33.5. The van der Waals surface area contributed by atoms with Crippen molar-refractivity contribution >= 4 is 134 Å². The van der Waals surface area contributed by atoms with E-state index in [2.05, 4.69) is 126 Å². The minimum absolute atomic E-state index is 0.175. The van der Waals surface area contributed by atoms with Crippen LogP contribution in [0.1, 0.15) is 265 Å². The van der Waals surface area contributed by atoms with E-state index in [1.807, 2.05) is 48.5 Å². The highest BCUT2D eigenvalue weighted by atomic mass is 16.5. The fraction of sp³-hybridized carbons (Fsp3) is 0.560. The Morgan fingerprint density at radius 1 is 0.288 bits per heavy atom. The van der Waals surface area contributed by atoms with Gasteiger partial charge in [-0.15, -0.1) is 0 Å². The number of ketones is 4. The number of unbranched alkanes of at least 4 members (excludes halogenated alkanes) is 17. The number of nitrogens with zero attached hydrogens (tertiary/aromatic N) is 13. The number of aromatic nitrogens is 12. The number of aryl methyl sites for hydroxylation is 8. The second-order valence-corrected chi connectivity index (χ2v) is 33.5. The van der Waals surface area contributed by atoms with Crippen molar-refractivity contribution in [3.8, 4) is 0 Å². The van der Waals surface area contributed by atoms with Gasteiger partial charge in [0.15, 0.2) is 23.3 Å². The lowest BCUT2D eigenvalue weighted by Crippen LogP contribution is -2.25. The summed E-state index contributed by atoms with van der Waals surface area (Å²) in [5.74, 6) is 7.32. The number of benzene rings is 4. The molecule has 0 aliphatic heterocycles. The van der Waals surface area contributed by atoms with E-state index in [1.165, 1.54) is 38.5 Å². The van der Waals surface area contributed by atoms with E-state index < -0.39 is 0 Å². The van der Waals surface area contributed by atoms with Crippen LogP contribution in [-0.2, 0) is 90.0 Å². The summed E-state index contributed by atoms with van der Waals surface area (Å²) in [5, 5.41) is 4.51. The molecular formula is C100H145N17O8. The number of carbonyl (C=O) groups excluding carboxylic acids is 4. The molecule has 4 aromatic carbocycles. The van der Waals surface area contributed by atoms with Gasteiger partial charge in [0.05, 0.1) is 77.2 Å². The molecule has 678 valence electrons. The van der Waals surface area contributed by atoms with Crippen molar-refractivity contribution in [1.82, 2.24) is 63.0 Å². The molecule has 8 heterocycles. The largest absolute Gasteiger partial charge is 0.382 e. The van der Waals surface area contributed by atoms with E-state index in [-0.39, 0.29) is 23.1 Å². The van der Waals surface area contributed by atoms with Crippen LogP contribution in [0.25, 0.3) is 87.7 Å². The molecular weight excluding hydrogens is 1570 g/mol. The van der Waals surface area contributed by atoms with Gasteiger partial charge < -0.3 is 65.1 Å². The number of likely N-dealkylation sites (N-methyl/N-ethyl adjacent to an activating group) is 1. The average Bonchev–Trinajstić information content (AvgIpc) is 1.58. The van der Waals surface area contributed by atoms with Crippen molar-refractivity contribution in [2.45, 2.75) is 293 Å². The van der Waals surface area contributed by atoms with Gasteiger partial charge in [-0.25, -0.2) is 39.9 Å². The van der Waals surface area contributed by atoms with Gasteiger partial charge in [0, 0.05) is 125 Å². The number of imidazole rings is 4. The molecule has 0 bridgehead atoms. The summed E-state index contributed by atoms with van der Waals surface area (Å²) in [6.07, 6.45) is 34.2. The Labute approximate surface area is 741 Å². The van der Waals surface area contributed by atoms with Gasteiger partial charge in [0.25, 0.3) is 0 Å². The van der Waals surface area contributed by atoms with Crippen molar-refractivity contribution in [1.29, 1.82) is 0 Å². The molecule has 0 aliphatic carbocycles. The van der Waals surface area contributed by atoms with Crippen LogP contribution < -0.4 is 22.9 Å². The van der Waals surface area contributed by atoms with Gasteiger partial charge in [-0.3, -0.25) is 19.2 Å². The smallest absolute Gasteiger partial charge is 0.152 e. The molecule has 25 nitrogen and oxygen atoms in total. The van der Waals surface area contributed by atoms with Crippen molar-refractivity contribution < 1.29 is 38.1 Å². The third-order valence-electron chi connectivity index (χ3n) is 23.0. The number of hydrogen-bond donors (Lipinski definition) is 4. The molecule has 0 radical (unpaired) electrons. The molecule has 0 unspecified atom stereocenters. The third-order valence-corrected chi connectivity index (χ3v) is 23.0. The summed E-state index contributed by atoms with van der Waals surface area (Å²) in [4.78, 5) is 83.9. The summed E-state index contributed by atoms with van der Waals surface area (Å²) in [7, 11) is 2.12. The van der Waals surface area contributed by atoms with Crippen LogP contribution in [-0.4, -0.2) is 159 Å². The Balaban J connectivity index is 0.000000189. The molecule has 0 atom stereocenters. The number of pyridine rings is 4. The SMILES string of the molecule is CCCCc1nc2c(N)nc3ccccc3c2n1CCCCCCCOCCC(C)=O.CCCCc1nc2c(N)nc3ccccc3c2n1CCCCCCCOCCC(C)=O.CCCCc1nc2c(N)nc3ccccc3c2n1CCCCCCCOCCC(C)=O.CCCCc1nc2c(N)nc3ccccc3c2n1CCCCN(C)CCOCCC(C)=O. The molecule has 25 heteroatoms. The monoisotopic (exact) mass is 1710 g/mol. The lowest BCUT2D eigenvalue weighted by molar-refractivity contribution is -0.118. The van der Waals surface area contributed by atoms with E-state index in [0.717, 1.165) is 318 Å². The van der Waals surface area contributed by atoms with Gasteiger partial charge in [-0.1, -0.05) is 184 Å². The van der Waals surface area contributed by atoms with E-state index in [0.29, 0.717) is 82.0 Å². The number of para-hydroxylation sites is 4. The topological polar surface area (TPSA) is 335 Å². The first-order valence-electron chi connectivity index (χ1n) is 47.0. The molecule has 0 saturated carbocycles. The van der Waals surface area contributed by atoms with Crippen LogP contribution in [0.5, 0.6) is 0 Å². The number of Topliss-reactive ketones (excluding diaryl/α,β-unsaturated/α-hetero) is 4. The molecule has 12 aromatic rings. The molecule has 125 heavy (non-hydrogen) atoms. The van der Waals surface area contributed by atoms with Crippen molar-refractivity contribution in [2.24, 2.45) is 0 Å². The molecule has 12 rings (SSSR count). The summed E-state index contributed by atoms with van der Waals surface area (Å²) < 4.78 is 31.6. The fourth-order valence-electron chi connectivity index (χ4n) is 16.0. The molecule has 0 amide bonds. The van der Waals surface area contributed by atoms with E-state index in [9.17, 15) is 19.2 Å². The first-order valence-corrected chi connectivity index (χ1v) is 47.0. The number of nitrogens with two attached hydrogens (primary N) is 4. The van der Waals surface area contributed by atoms with E-state index >= 15 is 0 Å². The van der Waals surface area contributed by atoms with Crippen LogP contribution in [0, 0.1) is 0 Å². The number of hydrogen-bond acceptors (Lipinski definition) is 21. The standard InChI is InChI=1S/C25H37N5O2.3C25H36N4O2/c1-4-5-12-22-28-23-24(20-10-6-7-11-21(20)27-25(23)26)30(22)15-9-8-14-29(3)16-18-32-17-13-19(2)31;3*1-3-4-14-22-28-23-24(20-12-8-9-13-21(20)27-25(23)26)29(22)16-10-6-5-7-11-17-31-18-15-19(2)30/h6-7,10-11H,4-5,8-9,12-18H2,1-3H3,(H2,26,27);3*8-9,12-13H,3-7,10-11,14-18H2,1-2H3,(H2,26,27). The molecule has 0 fully saturated rings. The Bertz CT molecular complexity index is 4940. The van der Waals surface area contributed by atoms with Crippen LogP contribution in [0.4, 0.5) is 23.3 Å². The summed E-state index contributed by atoms with van der Waals surface area (Å²) in [6, 6.07) is 32.8. The summed E-state index contributed by atoms with van der Waals surface area (Å²) >= 11 is 0. The maximum atomic E-state index is 11.0. The molecule has 8 N–H and O–H groups in total. The number of anilines is 4. The Hall–Kier alpha value is -9.92. The van der Waals surface area contributed by atoms with E-state index in [1.54, 1.807) is 27.7 Å². The van der Waals surface area contributed by atoms with Crippen LogP contribution in [0.3, 0.4) is 0 Å². The first kappa shape index (κ1) is 98.9. The Kier molecular flexibility index (Phi) is 42.9. The number of ether oxygens (including phenoxy) is 4. The Morgan fingerprint density at radius 2 is 0.520 bits per heavy atom. The van der Waals surface area contributed by atoms with Crippen molar-refractivity contribution in [3.63, 3.8) is 0 Å². The predicted molar refractivity (Wildman–Crippen MR) is 513 cm³/mol. The number of fused-ring (bicyclic) bond motifs is 12. The van der Waals surface area contributed by atoms with Gasteiger partial charge >= 0.3 is 0 Å². The van der Waals surface area contributed by atoms with Gasteiger partial charge in [0.2, 0.25) is 0 Å².